The van der Waals surface area contributed by atoms with E-state index in [0.717, 1.165) is 45.2 Å². The third kappa shape index (κ3) is 6.11. The van der Waals surface area contributed by atoms with Gasteiger partial charge in [0, 0.05) is 67.2 Å². The van der Waals surface area contributed by atoms with Crippen molar-refractivity contribution in [2.24, 2.45) is 0 Å². The summed E-state index contributed by atoms with van der Waals surface area (Å²) in [4.78, 5) is 21.1. The van der Waals surface area contributed by atoms with Crippen LogP contribution in [0.2, 0.25) is 0 Å². The minimum absolute atomic E-state index is 0.123. The monoisotopic (exact) mass is 611 g/mol. The zero-order chi connectivity index (χ0) is 31.1. The molecule has 1 saturated heterocycles. The van der Waals surface area contributed by atoms with E-state index in [1.165, 1.54) is 12.1 Å². The minimum Gasteiger partial charge on any atom is -0.384 e. The number of imidazole rings is 1. The van der Waals surface area contributed by atoms with Crippen LogP contribution in [0.4, 0.5) is 18.9 Å². The highest BCUT2D eigenvalue weighted by Gasteiger charge is 2.37. The summed E-state index contributed by atoms with van der Waals surface area (Å²) in [6, 6.07) is 14.6. The molecule has 1 aliphatic heterocycles. The van der Waals surface area contributed by atoms with Gasteiger partial charge in [0.2, 0.25) is 0 Å². The number of rotatable bonds is 9. The molecule has 4 aromatic heterocycles. The van der Waals surface area contributed by atoms with E-state index in [2.05, 4.69) is 35.4 Å². The van der Waals surface area contributed by atoms with E-state index in [-0.39, 0.29) is 18.8 Å². The topological polar surface area (TPSA) is 102 Å². The van der Waals surface area contributed by atoms with Crippen molar-refractivity contribution in [3.8, 4) is 33.9 Å². The Morgan fingerprint density at radius 1 is 1.02 bits per heavy atom. The molecule has 5 heterocycles. The van der Waals surface area contributed by atoms with Crippen LogP contribution in [0.5, 0.6) is 0 Å². The lowest BCUT2D eigenvalue weighted by atomic mass is 10.0. The molecule has 0 radical (unpaired) electrons. The molecule has 0 bridgehead atoms. The van der Waals surface area contributed by atoms with Gasteiger partial charge in [0.25, 0.3) is 5.92 Å². The average Bonchev–Trinajstić information content (AvgIpc) is 3.72. The summed E-state index contributed by atoms with van der Waals surface area (Å²) in [5, 5.41) is 11.7. The zero-order valence-corrected chi connectivity index (χ0v) is 24.9. The quantitative estimate of drug-likeness (QED) is 0.179. The largest absolute Gasteiger partial charge is 0.384 e. The van der Waals surface area contributed by atoms with Crippen LogP contribution in [0.25, 0.3) is 55.8 Å². The van der Waals surface area contributed by atoms with Crippen LogP contribution in [0, 0.1) is 5.82 Å². The third-order valence-corrected chi connectivity index (χ3v) is 8.03. The number of likely N-dealkylation sites (N-methyl/N-ethyl adjacent to an activating group) is 1. The molecule has 12 heteroatoms. The van der Waals surface area contributed by atoms with Crippen molar-refractivity contribution >= 4 is 27.6 Å². The number of fused-ring (bicyclic) bond motifs is 2. The molecule has 0 spiro atoms. The van der Waals surface area contributed by atoms with Gasteiger partial charge < -0.3 is 15.2 Å². The lowest BCUT2D eigenvalue weighted by Gasteiger charge is -2.15. The highest BCUT2D eigenvalue weighted by molar-refractivity contribution is 5.98. The second-order valence-electron chi connectivity index (χ2n) is 11.8. The molecule has 9 nitrogen and oxygen atoms in total. The summed E-state index contributed by atoms with van der Waals surface area (Å²) in [5.41, 5.74) is 7.36. The second kappa shape index (κ2) is 11.6. The number of hydrogen-bond donors (Lipinski definition) is 3. The summed E-state index contributed by atoms with van der Waals surface area (Å²) in [6.45, 7) is 2.02. The van der Waals surface area contributed by atoms with E-state index in [9.17, 15) is 13.2 Å². The Morgan fingerprint density at radius 3 is 2.73 bits per heavy atom. The molecular formula is C33H32F3N9. The Morgan fingerprint density at radius 2 is 1.91 bits per heavy atom. The lowest BCUT2D eigenvalue weighted by molar-refractivity contribution is 0.0115. The molecule has 6 aromatic rings. The van der Waals surface area contributed by atoms with Crippen LogP contribution >= 0.6 is 0 Å². The van der Waals surface area contributed by atoms with Crippen molar-refractivity contribution < 1.29 is 13.2 Å². The number of para-hydroxylation sites is 1. The first-order valence-corrected chi connectivity index (χ1v) is 14.8. The van der Waals surface area contributed by atoms with Crippen LogP contribution in [-0.4, -0.2) is 86.1 Å². The number of anilines is 1. The SMILES string of the molecule is CN(C)CCNc1cc(F)cc(-c2cccc3[nH]c(-c4n[nH]c5cnc(-c6cncc(CN7CCC(F)(F)C7)c6)cc45)nc23)c1. The van der Waals surface area contributed by atoms with Gasteiger partial charge in [-0.2, -0.15) is 5.10 Å². The van der Waals surface area contributed by atoms with Crippen LogP contribution in [0.15, 0.2) is 67.1 Å². The molecule has 0 amide bonds. The molecule has 0 unspecified atom stereocenters. The number of halogens is 3. The number of nitrogens with zero attached hydrogens (tertiary/aromatic N) is 6. The van der Waals surface area contributed by atoms with E-state index in [1.54, 1.807) is 23.5 Å². The minimum atomic E-state index is -2.64. The van der Waals surface area contributed by atoms with E-state index in [0.29, 0.717) is 48.1 Å². The van der Waals surface area contributed by atoms with E-state index in [1.807, 2.05) is 50.5 Å². The number of hydrogen-bond acceptors (Lipinski definition) is 7. The van der Waals surface area contributed by atoms with Crippen LogP contribution in [0.1, 0.15) is 12.0 Å². The van der Waals surface area contributed by atoms with Crippen molar-refractivity contribution in [2.75, 3.05) is 45.6 Å². The summed E-state index contributed by atoms with van der Waals surface area (Å²) in [7, 11) is 3.99. The van der Waals surface area contributed by atoms with E-state index in [4.69, 9.17) is 4.98 Å². The number of pyridine rings is 2. The van der Waals surface area contributed by atoms with Gasteiger partial charge in [-0.1, -0.05) is 12.1 Å². The molecule has 2 aromatic carbocycles. The first-order chi connectivity index (χ1) is 21.7. The van der Waals surface area contributed by atoms with Gasteiger partial charge in [0.05, 0.1) is 35.0 Å². The van der Waals surface area contributed by atoms with Crippen LogP contribution < -0.4 is 5.32 Å². The first-order valence-electron chi connectivity index (χ1n) is 14.8. The fourth-order valence-corrected chi connectivity index (χ4v) is 5.82. The van der Waals surface area contributed by atoms with Crippen molar-refractivity contribution in [1.82, 2.24) is 39.9 Å². The highest BCUT2D eigenvalue weighted by Crippen LogP contribution is 2.34. The fourth-order valence-electron chi connectivity index (χ4n) is 5.82. The van der Waals surface area contributed by atoms with Gasteiger partial charge in [-0.05, 0) is 61.6 Å². The Hall–Kier alpha value is -4.81. The second-order valence-corrected chi connectivity index (χ2v) is 11.8. The fraction of sp³-hybridized carbons (Fsp3) is 0.273. The maximum absolute atomic E-state index is 14.7. The summed E-state index contributed by atoms with van der Waals surface area (Å²) in [6.07, 6.45) is 5.00. The summed E-state index contributed by atoms with van der Waals surface area (Å²) < 4.78 is 42.1. The lowest BCUT2D eigenvalue weighted by Crippen LogP contribution is -2.24. The number of aromatic nitrogens is 6. The van der Waals surface area contributed by atoms with Crippen molar-refractivity contribution in [3.05, 3.63) is 78.5 Å². The Kier molecular flexibility index (Phi) is 7.46. The third-order valence-electron chi connectivity index (χ3n) is 8.03. The number of alkyl halides is 2. The van der Waals surface area contributed by atoms with Crippen molar-refractivity contribution in [1.29, 1.82) is 0 Å². The maximum Gasteiger partial charge on any atom is 0.261 e. The van der Waals surface area contributed by atoms with Crippen molar-refractivity contribution in [3.63, 3.8) is 0 Å². The van der Waals surface area contributed by atoms with Gasteiger partial charge >= 0.3 is 0 Å². The smallest absolute Gasteiger partial charge is 0.261 e. The molecule has 1 fully saturated rings. The van der Waals surface area contributed by atoms with Crippen LogP contribution in [-0.2, 0) is 6.54 Å². The number of benzene rings is 2. The Labute approximate surface area is 257 Å². The van der Waals surface area contributed by atoms with Gasteiger partial charge in [-0.15, -0.1) is 0 Å². The zero-order valence-electron chi connectivity index (χ0n) is 24.9. The molecular weight excluding hydrogens is 579 g/mol. The van der Waals surface area contributed by atoms with Gasteiger partial charge in [-0.25, -0.2) is 18.2 Å². The molecule has 3 N–H and O–H groups in total. The highest BCUT2D eigenvalue weighted by atomic mass is 19.3. The van der Waals surface area contributed by atoms with Crippen LogP contribution in [0.3, 0.4) is 0 Å². The molecule has 0 saturated carbocycles. The summed E-state index contributed by atoms with van der Waals surface area (Å²) in [5.74, 6) is -2.41. The normalized spacial score (nSPS) is 15.1. The van der Waals surface area contributed by atoms with Gasteiger partial charge in [-0.3, -0.25) is 20.0 Å². The predicted molar refractivity (Wildman–Crippen MR) is 169 cm³/mol. The predicted octanol–water partition coefficient (Wildman–Crippen LogP) is 6.18. The maximum atomic E-state index is 14.7. The first kappa shape index (κ1) is 28.9. The molecule has 0 aliphatic carbocycles. The average molecular weight is 612 g/mol. The number of H-pyrrole nitrogens is 2. The molecule has 45 heavy (non-hydrogen) atoms. The molecule has 0 atom stereocenters. The van der Waals surface area contributed by atoms with E-state index >= 15 is 0 Å². The molecule has 230 valence electrons. The Bertz CT molecular complexity index is 2000. The van der Waals surface area contributed by atoms with Gasteiger partial charge in [0.15, 0.2) is 5.82 Å². The number of aromatic amines is 2. The number of likely N-dealkylation sites (tertiary alicyclic amines) is 1. The Balaban J connectivity index is 1.20. The number of nitrogens with one attached hydrogen (secondary N) is 3. The standard InChI is InChI=1S/C33H32F3N9/c1-44(2)9-7-38-24-12-21(11-23(34)13-24)25-4-3-5-27-30(25)41-32(40-27)31-26-14-28(39-17-29(26)42-43-31)22-10-20(15-37-16-22)18-45-8-6-33(35,36)19-45/h3-5,10-17,38H,6-9,18-19H2,1-2H3,(H,40,41)(H,42,43). The molecule has 1 aliphatic rings. The van der Waals surface area contributed by atoms with Gasteiger partial charge in [0.1, 0.15) is 11.5 Å². The summed E-state index contributed by atoms with van der Waals surface area (Å²) >= 11 is 0. The van der Waals surface area contributed by atoms with E-state index < -0.39 is 5.92 Å². The van der Waals surface area contributed by atoms with Crippen molar-refractivity contribution in [2.45, 2.75) is 18.9 Å². The molecule has 7 rings (SSSR count).